The number of nitrogens with zero attached hydrogens (tertiary/aromatic N) is 1. The molecule has 1 amide bonds. The van der Waals surface area contributed by atoms with Gasteiger partial charge in [0.1, 0.15) is 6.10 Å². The van der Waals surface area contributed by atoms with E-state index in [0.717, 1.165) is 51.5 Å². The zero-order chi connectivity index (χ0) is 36.7. The Morgan fingerprint density at radius 2 is 1.58 bits per heavy atom. The van der Waals surface area contributed by atoms with E-state index >= 15 is 0 Å². The summed E-state index contributed by atoms with van der Waals surface area (Å²) in [5, 5.41) is 9.35. The first-order chi connectivity index (χ1) is 23.2. The lowest BCUT2D eigenvalue weighted by Crippen LogP contribution is -2.67. The van der Waals surface area contributed by atoms with E-state index in [0.29, 0.717) is 41.5 Å². The highest BCUT2D eigenvalue weighted by Crippen LogP contribution is 2.78. The van der Waals surface area contributed by atoms with Gasteiger partial charge in [0.2, 0.25) is 5.91 Å². The lowest BCUT2D eigenvalue weighted by molar-refractivity contribution is -0.250. The third kappa shape index (κ3) is 5.91. The summed E-state index contributed by atoms with van der Waals surface area (Å²) in [7, 11) is 0. The minimum atomic E-state index is -0.877. The molecule has 0 bridgehead atoms. The molecule has 6 fully saturated rings. The highest BCUT2D eigenvalue weighted by Gasteiger charge is 2.71. The molecule has 1 N–H and O–H groups in total. The molecule has 6 aliphatic rings. The summed E-state index contributed by atoms with van der Waals surface area (Å²) in [4.78, 5) is 41.0. The average Bonchev–Trinajstić information content (AvgIpc) is 3.63. The maximum Gasteiger partial charge on any atom is 0.306 e. The van der Waals surface area contributed by atoms with Crippen LogP contribution in [0.1, 0.15) is 165 Å². The van der Waals surface area contributed by atoms with Gasteiger partial charge < -0.3 is 14.7 Å². The maximum atomic E-state index is 14.1. The molecule has 1 heterocycles. The van der Waals surface area contributed by atoms with Crippen LogP contribution in [0.4, 0.5) is 0 Å². The van der Waals surface area contributed by atoms with Crippen molar-refractivity contribution in [2.24, 2.45) is 62.1 Å². The van der Waals surface area contributed by atoms with E-state index in [-0.39, 0.29) is 52.0 Å². The SMILES string of the molecule is C=C(C)[C@@H]1CC[C@]2(CC(=O)N3CCC[C@H]3CC)CC[C@]3(C)[C@H](CC[C@@H]4[C@@]5(C)CC[C@H](OC(=O)CC(C)(C)CC(=O)O)C(C)(C)[C@@H]5CC[C@]43C)[C@@H]12. The summed E-state index contributed by atoms with van der Waals surface area (Å²) in [6.45, 7) is 26.4. The summed E-state index contributed by atoms with van der Waals surface area (Å²) in [6, 6.07) is 0.432. The molecule has 5 aliphatic carbocycles. The van der Waals surface area contributed by atoms with Gasteiger partial charge in [-0.1, -0.05) is 67.5 Å². The number of carbonyl (C=O) groups is 3. The molecule has 0 unspecified atom stereocenters. The van der Waals surface area contributed by atoms with E-state index < -0.39 is 11.4 Å². The molecule has 0 aromatic rings. The fourth-order valence-electron chi connectivity index (χ4n) is 14.8. The lowest BCUT2D eigenvalue weighted by Gasteiger charge is -2.73. The van der Waals surface area contributed by atoms with Gasteiger partial charge in [-0.3, -0.25) is 14.4 Å². The third-order valence-corrected chi connectivity index (χ3v) is 17.4. The Morgan fingerprint density at radius 3 is 2.24 bits per heavy atom. The van der Waals surface area contributed by atoms with Crippen molar-refractivity contribution in [1.29, 1.82) is 0 Å². The van der Waals surface area contributed by atoms with Crippen molar-refractivity contribution >= 4 is 17.8 Å². The Morgan fingerprint density at radius 1 is 0.860 bits per heavy atom. The molecular weight excluding hydrogens is 622 g/mol. The van der Waals surface area contributed by atoms with Crippen LogP contribution in [0, 0.1) is 62.1 Å². The number of hydrogen-bond acceptors (Lipinski definition) is 4. The molecule has 50 heavy (non-hydrogen) atoms. The van der Waals surface area contributed by atoms with E-state index in [4.69, 9.17) is 4.74 Å². The number of carbonyl (C=O) groups excluding carboxylic acids is 2. The molecule has 282 valence electrons. The number of amides is 1. The number of carboxylic acids is 1. The van der Waals surface area contributed by atoms with E-state index in [1.807, 2.05) is 13.8 Å². The summed E-state index contributed by atoms with van der Waals surface area (Å²) in [5.41, 5.74) is 1.29. The Labute approximate surface area is 304 Å². The first-order valence-electron chi connectivity index (χ1n) is 20.6. The Bertz CT molecular complexity index is 1370. The predicted octanol–water partition coefficient (Wildman–Crippen LogP) is 10.2. The fraction of sp³-hybridized carbons (Fsp3) is 0.886. The number of carboxylic acid groups (broad SMARTS) is 1. The topological polar surface area (TPSA) is 83.9 Å². The minimum absolute atomic E-state index is 0.0416. The largest absolute Gasteiger partial charge is 0.481 e. The van der Waals surface area contributed by atoms with Gasteiger partial charge in [-0.2, -0.15) is 0 Å². The number of likely N-dealkylation sites (tertiary alicyclic amines) is 1. The van der Waals surface area contributed by atoms with Crippen LogP contribution in [0.15, 0.2) is 12.2 Å². The second-order valence-corrected chi connectivity index (χ2v) is 20.8. The van der Waals surface area contributed by atoms with Gasteiger partial charge in [0.25, 0.3) is 0 Å². The van der Waals surface area contributed by atoms with Gasteiger partial charge in [-0.05, 0) is 147 Å². The van der Waals surface area contributed by atoms with Crippen LogP contribution in [0.2, 0.25) is 0 Å². The molecule has 6 nitrogen and oxygen atoms in total. The second-order valence-electron chi connectivity index (χ2n) is 20.8. The van der Waals surface area contributed by atoms with Crippen molar-refractivity contribution in [3.8, 4) is 0 Å². The van der Waals surface area contributed by atoms with Crippen molar-refractivity contribution in [2.45, 2.75) is 177 Å². The predicted molar refractivity (Wildman–Crippen MR) is 199 cm³/mol. The molecule has 0 radical (unpaired) electrons. The number of fused-ring (bicyclic) bond motifs is 7. The summed E-state index contributed by atoms with van der Waals surface area (Å²) < 4.78 is 6.29. The Hall–Kier alpha value is -1.85. The highest BCUT2D eigenvalue weighted by atomic mass is 16.5. The average molecular weight is 694 g/mol. The standard InChI is InChI=1S/C44H71NO5/c1-11-29-13-12-24-45(29)35(46)25-44-21-16-30(28(2)3)38(44)31-14-15-33-41(8)19-18-34(50-37(49)27-39(4,5)26-36(47)48)40(6,7)32(41)17-20-43(33,10)42(31,9)22-23-44/h29-34,38H,2,11-27H2,1,3-10H3,(H,47,48)/t29-,30+,31-,32+,33-,34+,38-,41+,42-,43-,44-/m1/s1. The normalized spacial score (nSPS) is 43.6. The number of aliphatic carboxylic acids is 1. The summed E-state index contributed by atoms with van der Waals surface area (Å²) >= 11 is 0. The van der Waals surface area contributed by atoms with E-state index in [1.54, 1.807) is 0 Å². The Kier molecular flexibility index (Phi) is 9.79. The molecule has 5 saturated carbocycles. The van der Waals surface area contributed by atoms with Crippen molar-refractivity contribution < 1.29 is 24.2 Å². The van der Waals surface area contributed by atoms with Gasteiger partial charge in [0, 0.05) is 24.4 Å². The number of rotatable bonds is 9. The lowest BCUT2D eigenvalue weighted by atomic mass is 9.32. The summed E-state index contributed by atoms with van der Waals surface area (Å²) in [6.07, 6.45) is 15.7. The van der Waals surface area contributed by atoms with Gasteiger partial charge >= 0.3 is 11.9 Å². The zero-order valence-electron chi connectivity index (χ0n) is 33.3. The first-order valence-corrected chi connectivity index (χ1v) is 20.6. The van der Waals surface area contributed by atoms with Crippen molar-refractivity contribution in [1.82, 2.24) is 4.90 Å². The van der Waals surface area contributed by atoms with Crippen LogP contribution >= 0.6 is 0 Å². The molecular formula is C44H71NO5. The van der Waals surface area contributed by atoms with Crippen molar-refractivity contribution in [3.05, 3.63) is 12.2 Å². The molecule has 1 saturated heterocycles. The number of ether oxygens (including phenoxy) is 1. The van der Waals surface area contributed by atoms with E-state index in [2.05, 4.69) is 59.9 Å². The number of esters is 1. The van der Waals surface area contributed by atoms with Crippen molar-refractivity contribution in [3.63, 3.8) is 0 Å². The van der Waals surface area contributed by atoms with Gasteiger partial charge in [-0.25, -0.2) is 0 Å². The molecule has 0 aromatic carbocycles. The van der Waals surface area contributed by atoms with Crippen LogP contribution in [-0.4, -0.2) is 46.5 Å². The smallest absolute Gasteiger partial charge is 0.306 e. The van der Waals surface area contributed by atoms with E-state index in [1.165, 1.54) is 50.5 Å². The third-order valence-electron chi connectivity index (χ3n) is 17.4. The highest BCUT2D eigenvalue weighted by molar-refractivity contribution is 5.78. The van der Waals surface area contributed by atoms with Gasteiger partial charge in [0.15, 0.2) is 0 Å². The molecule has 0 aromatic heterocycles. The minimum Gasteiger partial charge on any atom is -0.481 e. The van der Waals surface area contributed by atoms with Crippen LogP contribution in [0.25, 0.3) is 0 Å². The number of hydrogen-bond donors (Lipinski definition) is 1. The fourth-order valence-corrected chi connectivity index (χ4v) is 14.8. The summed E-state index contributed by atoms with van der Waals surface area (Å²) in [5.74, 6) is 2.07. The first kappa shape index (κ1) is 37.9. The monoisotopic (exact) mass is 694 g/mol. The van der Waals surface area contributed by atoms with Crippen LogP contribution in [0.3, 0.4) is 0 Å². The van der Waals surface area contributed by atoms with Gasteiger partial charge in [-0.15, -0.1) is 0 Å². The van der Waals surface area contributed by atoms with E-state index in [9.17, 15) is 19.5 Å². The second kappa shape index (κ2) is 12.9. The quantitative estimate of drug-likeness (QED) is 0.192. The maximum absolute atomic E-state index is 14.1. The van der Waals surface area contributed by atoms with Crippen LogP contribution < -0.4 is 0 Å². The van der Waals surface area contributed by atoms with Crippen LogP contribution in [-0.2, 0) is 19.1 Å². The van der Waals surface area contributed by atoms with Crippen molar-refractivity contribution in [2.75, 3.05) is 6.54 Å². The number of allylic oxidation sites excluding steroid dienone is 1. The molecule has 6 rings (SSSR count). The molecule has 1 aliphatic heterocycles. The molecule has 6 heteroatoms. The Balaban J connectivity index is 1.24. The molecule has 11 atom stereocenters. The van der Waals surface area contributed by atoms with Crippen LogP contribution in [0.5, 0.6) is 0 Å². The zero-order valence-corrected chi connectivity index (χ0v) is 33.3. The van der Waals surface area contributed by atoms with Gasteiger partial charge in [0.05, 0.1) is 12.8 Å². The molecule has 0 spiro atoms.